The Morgan fingerprint density at radius 1 is 1.29 bits per heavy atom. The molecular weight excluding hydrogens is 316 g/mol. The largest absolute Gasteiger partial charge is 0.493 e. The van der Waals surface area contributed by atoms with Crippen LogP contribution >= 0.6 is 0 Å². The van der Waals surface area contributed by atoms with E-state index in [1.807, 2.05) is 0 Å². The number of alkyl halides is 2. The van der Waals surface area contributed by atoms with Gasteiger partial charge in [-0.25, -0.2) is 0 Å². The molecule has 1 aliphatic rings. The van der Waals surface area contributed by atoms with Crippen molar-refractivity contribution >= 4 is 12.0 Å². The van der Waals surface area contributed by atoms with Crippen LogP contribution in [0.2, 0.25) is 0 Å². The van der Waals surface area contributed by atoms with Gasteiger partial charge < -0.3 is 14.4 Å². The molecule has 0 aliphatic heterocycles. The highest BCUT2D eigenvalue weighted by Crippen LogP contribution is 2.33. The Kier molecular flexibility index (Phi) is 6.58. The van der Waals surface area contributed by atoms with Crippen LogP contribution in [0.25, 0.3) is 6.08 Å². The number of hydrogen-bond acceptors (Lipinski definition) is 3. The first-order chi connectivity index (χ1) is 11.5. The fourth-order valence-electron chi connectivity index (χ4n) is 2.97. The number of benzene rings is 1. The minimum absolute atomic E-state index is 0.0700. The molecule has 4 nitrogen and oxygen atoms in total. The third-order valence-electron chi connectivity index (χ3n) is 4.31. The Balaban J connectivity index is 2.13. The van der Waals surface area contributed by atoms with Crippen molar-refractivity contribution in [2.45, 2.75) is 44.8 Å². The first kappa shape index (κ1) is 18.2. The van der Waals surface area contributed by atoms with Gasteiger partial charge in [0, 0.05) is 24.7 Å². The molecule has 6 heteroatoms. The molecule has 2 rings (SSSR count). The monoisotopic (exact) mass is 339 g/mol. The lowest BCUT2D eigenvalue weighted by molar-refractivity contribution is -0.127. The maximum atomic E-state index is 12.6. The third-order valence-corrected chi connectivity index (χ3v) is 4.31. The second-order valence-corrected chi connectivity index (χ2v) is 5.83. The lowest BCUT2D eigenvalue weighted by atomic mass is 9.94. The van der Waals surface area contributed by atoms with Gasteiger partial charge in [0.1, 0.15) is 0 Å². The number of carbonyl (C=O) groups excluding carboxylic acids is 1. The van der Waals surface area contributed by atoms with Gasteiger partial charge in [-0.1, -0.05) is 31.4 Å². The van der Waals surface area contributed by atoms with Gasteiger partial charge in [0.25, 0.3) is 0 Å². The Morgan fingerprint density at radius 3 is 2.62 bits per heavy atom. The summed E-state index contributed by atoms with van der Waals surface area (Å²) in [6.07, 6.45) is 8.38. The van der Waals surface area contributed by atoms with Crippen molar-refractivity contribution in [3.05, 3.63) is 29.8 Å². The summed E-state index contributed by atoms with van der Waals surface area (Å²) < 4.78 is 34.8. The molecule has 1 aliphatic carbocycles. The number of nitrogens with zero attached hydrogens (tertiary/aromatic N) is 1. The lowest BCUT2D eigenvalue weighted by Crippen LogP contribution is -2.37. The highest BCUT2D eigenvalue weighted by molar-refractivity contribution is 5.92. The van der Waals surface area contributed by atoms with E-state index in [9.17, 15) is 13.6 Å². The van der Waals surface area contributed by atoms with E-state index in [1.165, 1.54) is 31.7 Å². The standard InChI is InChI=1S/C18H23F2NO3/c1-21(14-8-4-3-5-9-14)16(22)12-11-13-7-6-10-15(23-2)17(13)24-18(19)20/h6-7,10-12,14,18H,3-5,8-9H2,1-2H3/b12-11+. The van der Waals surface area contributed by atoms with Gasteiger partial charge in [-0.2, -0.15) is 8.78 Å². The molecule has 0 bridgehead atoms. The van der Waals surface area contributed by atoms with Gasteiger partial charge in [0.05, 0.1) is 7.11 Å². The average molecular weight is 339 g/mol. The second-order valence-electron chi connectivity index (χ2n) is 5.83. The van der Waals surface area contributed by atoms with Crippen molar-refractivity contribution in [3.63, 3.8) is 0 Å². The van der Waals surface area contributed by atoms with Crippen LogP contribution in [0.3, 0.4) is 0 Å². The zero-order valence-corrected chi connectivity index (χ0v) is 14.0. The molecule has 0 atom stereocenters. The smallest absolute Gasteiger partial charge is 0.387 e. The summed E-state index contributed by atoms with van der Waals surface area (Å²) in [6, 6.07) is 5.04. The highest BCUT2D eigenvalue weighted by Gasteiger charge is 2.21. The van der Waals surface area contributed by atoms with Crippen LogP contribution in [0, 0.1) is 0 Å². The summed E-state index contributed by atoms with van der Waals surface area (Å²) in [6.45, 7) is -2.96. The molecule has 1 aromatic carbocycles. The summed E-state index contributed by atoms with van der Waals surface area (Å²) in [5.41, 5.74) is 0.375. The van der Waals surface area contributed by atoms with E-state index in [4.69, 9.17) is 4.74 Å². The molecule has 132 valence electrons. The molecule has 0 radical (unpaired) electrons. The van der Waals surface area contributed by atoms with E-state index in [0.717, 1.165) is 25.7 Å². The zero-order chi connectivity index (χ0) is 17.5. The molecule has 1 saturated carbocycles. The molecule has 24 heavy (non-hydrogen) atoms. The Morgan fingerprint density at radius 2 is 2.00 bits per heavy atom. The van der Waals surface area contributed by atoms with E-state index in [0.29, 0.717) is 5.56 Å². The number of halogens is 2. The Labute approximate surface area is 141 Å². The fourth-order valence-corrected chi connectivity index (χ4v) is 2.97. The fraction of sp³-hybridized carbons (Fsp3) is 0.500. The van der Waals surface area contributed by atoms with Crippen LogP contribution in [-0.2, 0) is 4.79 Å². The van der Waals surface area contributed by atoms with Crippen LogP contribution in [0.5, 0.6) is 11.5 Å². The average Bonchev–Trinajstić information content (AvgIpc) is 2.60. The van der Waals surface area contributed by atoms with Crippen molar-refractivity contribution in [1.82, 2.24) is 4.90 Å². The molecule has 1 fully saturated rings. The van der Waals surface area contributed by atoms with Gasteiger partial charge in [-0.3, -0.25) is 4.79 Å². The van der Waals surface area contributed by atoms with Crippen LogP contribution in [0.4, 0.5) is 8.78 Å². The SMILES string of the molecule is COc1cccc(/C=C/C(=O)N(C)C2CCCCC2)c1OC(F)F. The normalized spacial score (nSPS) is 15.7. The van der Waals surface area contributed by atoms with Crippen molar-refractivity contribution in [1.29, 1.82) is 0 Å². The number of likely N-dealkylation sites (N-methyl/N-ethyl adjacent to an activating group) is 1. The van der Waals surface area contributed by atoms with Gasteiger partial charge in [0.15, 0.2) is 11.5 Å². The summed E-state index contributed by atoms with van der Waals surface area (Å²) in [5, 5.41) is 0. The van der Waals surface area contributed by atoms with E-state index in [2.05, 4.69) is 4.74 Å². The molecule has 1 aromatic rings. The number of methoxy groups -OCH3 is 1. The first-order valence-electron chi connectivity index (χ1n) is 8.09. The second kappa shape index (κ2) is 8.66. The summed E-state index contributed by atoms with van der Waals surface area (Å²) in [5.74, 6) is -0.0161. The van der Waals surface area contributed by atoms with E-state index in [-0.39, 0.29) is 23.4 Å². The first-order valence-corrected chi connectivity index (χ1v) is 8.09. The molecule has 0 N–H and O–H groups in total. The van der Waals surface area contributed by atoms with Crippen LogP contribution in [0.1, 0.15) is 37.7 Å². The molecule has 0 spiro atoms. The van der Waals surface area contributed by atoms with Gasteiger partial charge in [-0.05, 0) is 25.0 Å². The van der Waals surface area contributed by atoms with Crippen LogP contribution < -0.4 is 9.47 Å². The zero-order valence-electron chi connectivity index (χ0n) is 14.0. The van der Waals surface area contributed by atoms with E-state index < -0.39 is 6.61 Å². The highest BCUT2D eigenvalue weighted by atomic mass is 19.3. The van der Waals surface area contributed by atoms with Crippen molar-refractivity contribution in [2.24, 2.45) is 0 Å². The Bertz CT molecular complexity index is 584. The van der Waals surface area contributed by atoms with Gasteiger partial charge >= 0.3 is 6.61 Å². The quantitative estimate of drug-likeness (QED) is 0.733. The third kappa shape index (κ3) is 4.69. The maximum Gasteiger partial charge on any atom is 0.387 e. The maximum absolute atomic E-state index is 12.6. The minimum atomic E-state index is -2.96. The number of rotatable bonds is 6. The molecule has 0 heterocycles. The van der Waals surface area contributed by atoms with Crippen molar-refractivity contribution in [2.75, 3.05) is 14.2 Å². The summed E-state index contributed by atoms with van der Waals surface area (Å²) in [4.78, 5) is 14.0. The van der Waals surface area contributed by atoms with Crippen LogP contribution in [0.15, 0.2) is 24.3 Å². The number of ether oxygens (including phenoxy) is 2. The van der Waals surface area contributed by atoms with Crippen molar-refractivity contribution in [3.8, 4) is 11.5 Å². The van der Waals surface area contributed by atoms with E-state index in [1.54, 1.807) is 24.1 Å². The van der Waals surface area contributed by atoms with E-state index >= 15 is 0 Å². The molecule has 0 unspecified atom stereocenters. The van der Waals surface area contributed by atoms with Crippen LogP contribution in [-0.4, -0.2) is 37.6 Å². The molecular formula is C18H23F2NO3. The Hall–Kier alpha value is -2.11. The summed E-state index contributed by atoms with van der Waals surface area (Å²) >= 11 is 0. The lowest BCUT2D eigenvalue weighted by Gasteiger charge is -2.30. The van der Waals surface area contributed by atoms with Gasteiger partial charge in [0.2, 0.25) is 5.91 Å². The number of para-hydroxylation sites is 1. The topological polar surface area (TPSA) is 38.8 Å². The molecule has 1 amide bonds. The predicted octanol–water partition coefficient (Wildman–Crippen LogP) is 4.10. The predicted molar refractivity (Wildman–Crippen MR) is 88.3 cm³/mol. The number of hydrogen-bond donors (Lipinski definition) is 0. The molecule has 0 aromatic heterocycles. The molecule has 0 saturated heterocycles. The summed E-state index contributed by atoms with van der Waals surface area (Å²) in [7, 11) is 3.16. The number of carbonyl (C=O) groups is 1. The minimum Gasteiger partial charge on any atom is -0.493 e. The van der Waals surface area contributed by atoms with Gasteiger partial charge in [-0.15, -0.1) is 0 Å². The van der Waals surface area contributed by atoms with Crippen molar-refractivity contribution < 1.29 is 23.0 Å². The number of amides is 1.